The molecule has 7 nitrogen and oxygen atoms in total. The highest BCUT2D eigenvalue weighted by Gasteiger charge is 2.23. The maximum absolute atomic E-state index is 13.5. The van der Waals surface area contributed by atoms with Gasteiger partial charge in [0.2, 0.25) is 0 Å². The zero-order chi connectivity index (χ0) is 21.3. The molecule has 156 valence electrons. The quantitative estimate of drug-likeness (QED) is 0.677. The van der Waals surface area contributed by atoms with Crippen LogP contribution in [0.1, 0.15) is 0 Å². The molecule has 0 bridgehead atoms. The third-order valence-corrected chi connectivity index (χ3v) is 5.07. The topological polar surface area (TPSA) is 70.6 Å². The van der Waals surface area contributed by atoms with Gasteiger partial charge >= 0.3 is 6.03 Å². The highest BCUT2D eigenvalue weighted by molar-refractivity contribution is 6.30. The molecule has 1 aliphatic rings. The number of halogens is 3. The van der Waals surface area contributed by atoms with Crippen LogP contribution in [0.2, 0.25) is 5.02 Å². The number of hydrogen-bond acceptors (Lipinski definition) is 5. The molecular formula is C20H18ClF2N5O2. The van der Waals surface area contributed by atoms with Gasteiger partial charge in [0.05, 0.1) is 18.1 Å². The first-order valence-corrected chi connectivity index (χ1v) is 9.59. The Morgan fingerprint density at radius 3 is 2.37 bits per heavy atom. The van der Waals surface area contributed by atoms with E-state index < -0.39 is 11.6 Å². The molecule has 0 unspecified atom stereocenters. The van der Waals surface area contributed by atoms with E-state index in [0.29, 0.717) is 31.2 Å². The van der Waals surface area contributed by atoms with Crippen LogP contribution in [0.3, 0.4) is 0 Å². The lowest BCUT2D eigenvalue weighted by molar-refractivity contribution is 0.208. The predicted molar refractivity (Wildman–Crippen MR) is 110 cm³/mol. The zero-order valence-electron chi connectivity index (χ0n) is 16.0. The summed E-state index contributed by atoms with van der Waals surface area (Å²) in [5.41, 5.74) is 1.23. The Balaban J connectivity index is 1.47. The summed E-state index contributed by atoms with van der Waals surface area (Å²) in [5, 5.41) is 3.31. The number of aromatic nitrogens is 2. The number of nitrogens with one attached hydrogen (secondary N) is 1. The van der Waals surface area contributed by atoms with Crippen molar-refractivity contribution in [3.63, 3.8) is 0 Å². The second-order valence-corrected chi connectivity index (χ2v) is 7.16. The first-order valence-electron chi connectivity index (χ1n) is 9.22. The minimum atomic E-state index is -1.05. The van der Waals surface area contributed by atoms with Crippen molar-refractivity contribution < 1.29 is 18.3 Å². The monoisotopic (exact) mass is 433 g/mol. The Bertz CT molecular complexity index is 1110. The summed E-state index contributed by atoms with van der Waals surface area (Å²) < 4.78 is 32.1. The average Bonchev–Trinajstić information content (AvgIpc) is 2.74. The molecule has 0 atom stereocenters. The Hall–Kier alpha value is -3.20. The number of nitrogens with zero attached hydrogens (tertiary/aromatic N) is 4. The predicted octanol–water partition coefficient (Wildman–Crippen LogP) is 3.92. The lowest BCUT2D eigenvalue weighted by Gasteiger charge is -2.36. The summed E-state index contributed by atoms with van der Waals surface area (Å²) in [6.07, 6.45) is 0. The number of methoxy groups -OCH3 is 1. The summed E-state index contributed by atoms with van der Waals surface area (Å²) in [5.74, 6) is -2.03. The minimum absolute atomic E-state index is 0.0134. The van der Waals surface area contributed by atoms with E-state index in [0.717, 1.165) is 17.8 Å². The van der Waals surface area contributed by atoms with E-state index >= 15 is 0 Å². The van der Waals surface area contributed by atoms with E-state index in [1.165, 1.54) is 7.11 Å². The Kier molecular flexibility index (Phi) is 5.54. The maximum Gasteiger partial charge on any atom is 0.323 e. The largest absolute Gasteiger partial charge is 0.478 e. The van der Waals surface area contributed by atoms with Crippen molar-refractivity contribution in [3.8, 4) is 5.88 Å². The molecule has 3 aromatic rings. The Morgan fingerprint density at radius 2 is 1.73 bits per heavy atom. The van der Waals surface area contributed by atoms with Gasteiger partial charge in [0, 0.05) is 49.0 Å². The van der Waals surface area contributed by atoms with E-state index in [1.54, 1.807) is 4.90 Å². The molecule has 2 amide bonds. The van der Waals surface area contributed by atoms with Gasteiger partial charge in [0.1, 0.15) is 0 Å². The molecule has 0 radical (unpaired) electrons. The Labute approximate surface area is 176 Å². The van der Waals surface area contributed by atoms with Crippen LogP contribution in [0, 0.1) is 11.6 Å². The number of urea groups is 1. The lowest BCUT2D eigenvalue weighted by atomic mass is 10.2. The van der Waals surface area contributed by atoms with Crippen molar-refractivity contribution in [1.29, 1.82) is 0 Å². The highest BCUT2D eigenvalue weighted by Crippen LogP contribution is 2.26. The van der Waals surface area contributed by atoms with Gasteiger partial charge in [0.15, 0.2) is 17.5 Å². The molecule has 0 spiro atoms. The minimum Gasteiger partial charge on any atom is -0.478 e. The van der Waals surface area contributed by atoms with Crippen LogP contribution < -0.4 is 15.0 Å². The first kappa shape index (κ1) is 20.1. The van der Waals surface area contributed by atoms with Crippen molar-refractivity contribution in [2.75, 3.05) is 43.5 Å². The van der Waals surface area contributed by atoms with Crippen LogP contribution in [-0.2, 0) is 0 Å². The summed E-state index contributed by atoms with van der Waals surface area (Å²) in [6.45, 7) is 2.25. The van der Waals surface area contributed by atoms with Gasteiger partial charge < -0.3 is 14.5 Å². The van der Waals surface area contributed by atoms with Crippen LogP contribution in [0.4, 0.5) is 25.1 Å². The van der Waals surface area contributed by atoms with Crippen molar-refractivity contribution in [2.45, 2.75) is 0 Å². The van der Waals surface area contributed by atoms with E-state index in [-0.39, 0.29) is 28.8 Å². The summed E-state index contributed by atoms with van der Waals surface area (Å²) >= 11 is 6.05. The number of fused-ring (bicyclic) bond motifs is 1. The average molecular weight is 434 g/mol. The summed E-state index contributed by atoms with van der Waals surface area (Å²) in [6, 6.07) is 9.03. The number of carbonyl (C=O) groups is 1. The molecule has 1 N–H and O–H groups in total. The van der Waals surface area contributed by atoms with Crippen LogP contribution in [0.5, 0.6) is 5.88 Å². The molecule has 0 saturated carbocycles. The van der Waals surface area contributed by atoms with Crippen LogP contribution in [0.15, 0.2) is 36.4 Å². The fourth-order valence-corrected chi connectivity index (χ4v) is 3.46. The number of ether oxygens (including phenoxy) is 1. The number of benzene rings is 2. The zero-order valence-corrected chi connectivity index (χ0v) is 16.8. The number of hydrogen-bond donors (Lipinski definition) is 1. The molecule has 4 rings (SSSR count). The van der Waals surface area contributed by atoms with E-state index in [2.05, 4.69) is 20.2 Å². The van der Waals surface area contributed by atoms with E-state index in [1.807, 2.05) is 24.3 Å². The molecule has 1 fully saturated rings. The van der Waals surface area contributed by atoms with Crippen molar-refractivity contribution in [2.24, 2.45) is 0 Å². The molecular weight excluding hydrogens is 416 g/mol. The maximum atomic E-state index is 13.5. The number of amides is 2. The van der Waals surface area contributed by atoms with Crippen molar-refractivity contribution in [3.05, 3.63) is 53.1 Å². The molecule has 30 heavy (non-hydrogen) atoms. The fourth-order valence-electron chi connectivity index (χ4n) is 3.28. The number of rotatable bonds is 3. The second-order valence-electron chi connectivity index (χ2n) is 6.72. The van der Waals surface area contributed by atoms with Gasteiger partial charge in [0.25, 0.3) is 5.88 Å². The van der Waals surface area contributed by atoms with Gasteiger partial charge in [-0.25, -0.2) is 23.5 Å². The number of piperazine rings is 1. The smallest absolute Gasteiger partial charge is 0.323 e. The van der Waals surface area contributed by atoms with Gasteiger partial charge in [-0.15, -0.1) is 0 Å². The van der Waals surface area contributed by atoms with E-state index in [4.69, 9.17) is 16.3 Å². The molecule has 0 aliphatic carbocycles. The van der Waals surface area contributed by atoms with E-state index in [9.17, 15) is 13.6 Å². The molecule has 2 heterocycles. The summed E-state index contributed by atoms with van der Waals surface area (Å²) in [7, 11) is 1.36. The molecule has 1 saturated heterocycles. The van der Waals surface area contributed by atoms with Gasteiger partial charge in [-0.05, 0) is 18.2 Å². The van der Waals surface area contributed by atoms with Gasteiger partial charge in [-0.3, -0.25) is 5.32 Å². The number of anilines is 2. The van der Waals surface area contributed by atoms with Gasteiger partial charge in [-0.2, -0.15) is 0 Å². The first-order chi connectivity index (χ1) is 14.4. The van der Waals surface area contributed by atoms with Crippen molar-refractivity contribution in [1.82, 2.24) is 14.9 Å². The van der Waals surface area contributed by atoms with Crippen molar-refractivity contribution >= 4 is 40.2 Å². The molecule has 2 aromatic carbocycles. The van der Waals surface area contributed by atoms with Crippen LogP contribution in [-0.4, -0.2) is 54.2 Å². The summed E-state index contributed by atoms with van der Waals surface area (Å²) in [4.78, 5) is 24.8. The third-order valence-electron chi connectivity index (χ3n) is 4.83. The molecule has 10 heteroatoms. The molecule has 1 aromatic heterocycles. The fraction of sp³-hybridized carbons (Fsp3) is 0.250. The highest BCUT2D eigenvalue weighted by atomic mass is 35.5. The lowest BCUT2D eigenvalue weighted by Crippen LogP contribution is -2.50. The number of carbonyl (C=O) groups excluding carboxylic acids is 1. The van der Waals surface area contributed by atoms with Crippen LogP contribution in [0.25, 0.3) is 11.0 Å². The molecule has 1 aliphatic heterocycles. The van der Waals surface area contributed by atoms with Crippen LogP contribution >= 0.6 is 11.6 Å². The third kappa shape index (κ3) is 4.06. The normalized spacial score (nSPS) is 14.1. The Morgan fingerprint density at radius 1 is 1.07 bits per heavy atom. The SMILES string of the molecule is COc1nc2cc(F)c(F)cc2nc1NC(=O)N1CCN(c2cccc(Cl)c2)CC1. The van der Waals surface area contributed by atoms with Gasteiger partial charge in [-0.1, -0.05) is 17.7 Å². The second kappa shape index (κ2) is 8.27. The standard InChI is InChI=1S/C20H18ClF2N5O2/c1-30-19-18(24-16-10-14(22)15(23)11-17(16)25-19)26-20(29)28-7-5-27(6-8-28)13-4-2-3-12(21)9-13/h2-4,9-11H,5-8H2,1H3,(H,24,26,29).